The zero-order chi connectivity index (χ0) is 16.2. The van der Waals surface area contributed by atoms with Gasteiger partial charge in [0.25, 0.3) is 5.91 Å². The molecule has 0 fully saturated rings. The van der Waals surface area contributed by atoms with Gasteiger partial charge in [0.15, 0.2) is 0 Å². The Morgan fingerprint density at radius 3 is 2.74 bits per heavy atom. The number of fused-ring (bicyclic) bond motifs is 1. The quantitative estimate of drug-likeness (QED) is 0.936. The minimum Gasteiger partial charge on any atom is -0.340 e. The molecule has 0 radical (unpaired) electrons. The summed E-state index contributed by atoms with van der Waals surface area (Å²) in [5.74, 6) is -0.225. The summed E-state index contributed by atoms with van der Waals surface area (Å²) in [6.07, 6.45) is 3.96. The average molecular weight is 309 g/mol. The molecule has 0 aliphatic carbocycles. The van der Waals surface area contributed by atoms with Crippen LogP contribution in [0.4, 0.5) is 0 Å². The minimum absolute atomic E-state index is 0.0489. The van der Waals surface area contributed by atoms with Gasteiger partial charge >= 0.3 is 0 Å². The van der Waals surface area contributed by atoms with Gasteiger partial charge in [-0.25, -0.2) is 0 Å². The fourth-order valence-electron chi connectivity index (χ4n) is 2.85. The molecule has 1 aromatic heterocycles. The first-order chi connectivity index (χ1) is 11.2. The monoisotopic (exact) mass is 309 g/mol. The van der Waals surface area contributed by atoms with Gasteiger partial charge in [-0.15, -0.1) is 0 Å². The van der Waals surface area contributed by atoms with E-state index in [2.05, 4.69) is 10.3 Å². The van der Waals surface area contributed by atoms with E-state index in [1.54, 1.807) is 23.4 Å². The predicted molar refractivity (Wildman–Crippen MR) is 86.7 cm³/mol. The van der Waals surface area contributed by atoms with Gasteiger partial charge in [-0.1, -0.05) is 18.2 Å². The second-order valence-corrected chi connectivity index (χ2v) is 5.60. The maximum atomic E-state index is 12.8. The van der Waals surface area contributed by atoms with Gasteiger partial charge in [-0.05, 0) is 36.2 Å². The molecule has 2 amide bonds. The Labute approximate surface area is 135 Å². The molecule has 0 unspecified atom stereocenters. The molecule has 1 N–H and O–H groups in total. The fraction of sp³-hybridized carbons (Fsp3) is 0.278. The average Bonchev–Trinajstić information content (AvgIpc) is 2.60. The van der Waals surface area contributed by atoms with Crippen LogP contribution in [0, 0.1) is 0 Å². The van der Waals surface area contributed by atoms with Crippen LogP contribution in [0.2, 0.25) is 0 Å². The third kappa shape index (κ3) is 3.23. The Morgan fingerprint density at radius 1 is 1.26 bits per heavy atom. The summed E-state index contributed by atoms with van der Waals surface area (Å²) >= 11 is 0. The topological polar surface area (TPSA) is 62.3 Å². The number of amides is 2. The Hall–Kier alpha value is -2.69. The highest BCUT2D eigenvalue weighted by Crippen LogP contribution is 2.18. The van der Waals surface area contributed by atoms with Crippen molar-refractivity contribution >= 4 is 11.8 Å². The van der Waals surface area contributed by atoms with Crippen molar-refractivity contribution in [2.45, 2.75) is 25.9 Å². The van der Waals surface area contributed by atoms with E-state index in [-0.39, 0.29) is 11.8 Å². The highest BCUT2D eigenvalue weighted by atomic mass is 16.2. The summed E-state index contributed by atoms with van der Waals surface area (Å²) < 4.78 is 0. The smallest absolute Gasteiger partial charge is 0.252 e. The summed E-state index contributed by atoms with van der Waals surface area (Å²) in [4.78, 5) is 30.7. The van der Waals surface area contributed by atoms with Crippen LogP contribution in [0.15, 0.2) is 48.8 Å². The highest BCUT2D eigenvalue weighted by molar-refractivity contribution is 6.00. The fourth-order valence-corrected chi connectivity index (χ4v) is 2.85. The first-order valence-electron chi connectivity index (χ1n) is 7.75. The zero-order valence-corrected chi connectivity index (χ0v) is 13.0. The van der Waals surface area contributed by atoms with Crippen LogP contribution in [0.3, 0.4) is 0 Å². The number of likely N-dealkylation sites (N-methyl/N-ethyl adjacent to an activating group) is 1. The molecule has 118 valence electrons. The molecule has 0 saturated carbocycles. The van der Waals surface area contributed by atoms with Crippen LogP contribution >= 0.6 is 0 Å². The largest absolute Gasteiger partial charge is 0.340 e. The highest BCUT2D eigenvalue weighted by Gasteiger charge is 2.31. The summed E-state index contributed by atoms with van der Waals surface area (Å²) in [6, 6.07) is 10.7. The van der Waals surface area contributed by atoms with Gasteiger partial charge in [0.1, 0.15) is 6.04 Å². The third-order valence-corrected chi connectivity index (χ3v) is 4.11. The number of carbonyl (C=O) groups excluding carboxylic acids is 2. The van der Waals surface area contributed by atoms with E-state index in [4.69, 9.17) is 0 Å². The Kier molecular flexibility index (Phi) is 4.37. The molecule has 0 spiro atoms. The lowest BCUT2D eigenvalue weighted by atomic mass is 9.94. The lowest BCUT2D eigenvalue weighted by Crippen LogP contribution is -2.52. The van der Waals surface area contributed by atoms with Gasteiger partial charge in [0.2, 0.25) is 5.91 Å². The first-order valence-corrected chi connectivity index (χ1v) is 7.75. The van der Waals surface area contributed by atoms with E-state index in [1.807, 2.05) is 37.3 Å². The van der Waals surface area contributed by atoms with Crippen molar-refractivity contribution in [1.29, 1.82) is 0 Å². The molecular formula is C18H19N3O2. The van der Waals surface area contributed by atoms with E-state index in [9.17, 15) is 9.59 Å². The number of benzene rings is 1. The van der Waals surface area contributed by atoms with Crippen LogP contribution in [0.1, 0.15) is 28.4 Å². The van der Waals surface area contributed by atoms with Crippen LogP contribution in [-0.4, -0.2) is 34.3 Å². The van der Waals surface area contributed by atoms with Crippen molar-refractivity contribution in [2.24, 2.45) is 0 Å². The molecule has 1 atom stereocenters. The molecule has 1 aliphatic rings. The van der Waals surface area contributed by atoms with Gasteiger partial charge in [0.05, 0.1) is 0 Å². The maximum absolute atomic E-state index is 12.8. The minimum atomic E-state index is -0.501. The van der Waals surface area contributed by atoms with Crippen LogP contribution in [-0.2, 0) is 17.8 Å². The van der Waals surface area contributed by atoms with E-state index in [0.717, 1.165) is 11.1 Å². The summed E-state index contributed by atoms with van der Waals surface area (Å²) in [5, 5.41) is 2.83. The van der Waals surface area contributed by atoms with Crippen molar-refractivity contribution < 1.29 is 9.59 Å². The molecule has 5 heteroatoms. The zero-order valence-electron chi connectivity index (χ0n) is 13.0. The predicted octanol–water partition coefficient (Wildman–Crippen LogP) is 1.78. The van der Waals surface area contributed by atoms with Gasteiger partial charge < -0.3 is 10.2 Å². The molecule has 23 heavy (non-hydrogen) atoms. The number of nitrogens with zero attached hydrogens (tertiary/aromatic N) is 2. The van der Waals surface area contributed by atoms with E-state index in [0.29, 0.717) is 25.1 Å². The molecule has 0 saturated heterocycles. The standard InChI is InChI=1S/C18H19N3O2/c1-2-21(12-13-7-9-19-10-8-13)18(23)16-11-14-5-3-4-6-15(14)17(22)20-16/h3-10,16H,2,11-12H2,1H3,(H,20,22)/t16-/m1/s1. The summed E-state index contributed by atoms with van der Waals surface area (Å²) in [5.41, 5.74) is 2.61. The van der Waals surface area contributed by atoms with Crippen molar-refractivity contribution in [3.63, 3.8) is 0 Å². The number of nitrogens with one attached hydrogen (secondary N) is 1. The molecule has 0 bridgehead atoms. The third-order valence-electron chi connectivity index (χ3n) is 4.11. The number of hydrogen-bond donors (Lipinski definition) is 1. The number of aromatic nitrogens is 1. The van der Waals surface area contributed by atoms with Crippen molar-refractivity contribution in [3.8, 4) is 0 Å². The van der Waals surface area contributed by atoms with Crippen LogP contribution in [0.25, 0.3) is 0 Å². The molecule has 2 aromatic rings. The molecule has 1 aliphatic heterocycles. The maximum Gasteiger partial charge on any atom is 0.252 e. The normalized spacial score (nSPS) is 16.4. The van der Waals surface area contributed by atoms with Crippen molar-refractivity contribution in [2.75, 3.05) is 6.54 Å². The van der Waals surface area contributed by atoms with Gasteiger partial charge in [-0.2, -0.15) is 0 Å². The Balaban J connectivity index is 1.76. The van der Waals surface area contributed by atoms with Crippen molar-refractivity contribution in [1.82, 2.24) is 15.2 Å². The number of carbonyl (C=O) groups is 2. The molecule has 5 nitrogen and oxygen atoms in total. The van der Waals surface area contributed by atoms with Gasteiger partial charge in [-0.3, -0.25) is 14.6 Å². The van der Waals surface area contributed by atoms with Crippen LogP contribution < -0.4 is 5.32 Å². The molecule has 2 heterocycles. The SMILES string of the molecule is CCN(Cc1ccncc1)C(=O)[C@H]1Cc2ccccc2C(=O)N1. The summed E-state index contributed by atoms with van der Waals surface area (Å²) in [7, 11) is 0. The lowest BCUT2D eigenvalue weighted by molar-refractivity contribution is -0.133. The second kappa shape index (κ2) is 6.60. The second-order valence-electron chi connectivity index (χ2n) is 5.60. The molecule has 3 rings (SSSR count). The van der Waals surface area contributed by atoms with Crippen molar-refractivity contribution in [3.05, 3.63) is 65.5 Å². The molecule has 1 aromatic carbocycles. The number of hydrogen-bond acceptors (Lipinski definition) is 3. The number of rotatable bonds is 4. The summed E-state index contributed by atoms with van der Waals surface area (Å²) in [6.45, 7) is 3.05. The van der Waals surface area contributed by atoms with E-state index < -0.39 is 6.04 Å². The Bertz CT molecular complexity index is 715. The molecular weight excluding hydrogens is 290 g/mol. The number of pyridine rings is 1. The van der Waals surface area contributed by atoms with E-state index >= 15 is 0 Å². The van der Waals surface area contributed by atoms with Crippen LogP contribution in [0.5, 0.6) is 0 Å². The Morgan fingerprint density at radius 2 is 2.00 bits per heavy atom. The van der Waals surface area contributed by atoms with E-state index in [1.165, 1.54) is 0 Å². The van der Waals surface area contributed by atoms with Gasteiger partial charge in [0, 0.05) is 37.5 Å². The lowest BCUT2D eigenvalue weighted by Gasteiger charge is -2.30. The first kappa shape index (κ1) is 15.2.